The van der Waals surface area contributed by atoms with Crippen LogP contribution in [0.15, 0.2) is 24.3 Å². The summed E-state index contributed by atoms with van der Waals surface area (Å²) in [5.74, 6) is 1.34. The van der Waals surface area contributed by atoms with Crippen LogP contribution in [0.2, 0.25) is 0 Å². The predicted octanol–water partition coefficient (Wildman–Crippen LogP) is 2.80. The molecule has 0 fully saturated rings. The van der Waals surface area contributed by atoms with Gasteiger partial charge in [0.1, 0.15) is 24.2 Å². The zero-order valence-corrected chi connectivity index (χ0v) is 20.4. The van der Waals surface area contributed by atoms with E-state index in [1.165, 1.54) is 0 Å². The molecule has 1 aromatic rings. The second-order valence-electron chi connectivity index (χ2n) is 8.28. The number of thiol groups is 1. The number of amides is 3. The summed E-state index contributed by atoms with van der Waals surface area (Å²) >= 11 is 4.19. The van der Waals surface area contributed by atoms with Gasteiger partial charge in [-0.15, -0.1) is 6.42 Å². The Labute approximate surface area is 201 Å². The van der Waals surface area contributed by atoms with E-state index in [1.807, 2.05) is 13.0 Å². The minimum atomic E-state index is -1.16. The topological polar surface area (TPSA) is 112 Å². The maximum absolute atomic E-state index is 13.4. The average Bonchev–Trinajstić information content (AvgIpc) is 2.76. The second kappa shape index (κ2) is 13.4. The Balaban J connectivity index is 3.38. The largest absolute Gasteiger partial charge is 0.444 e. The van der Waals surface area contributed by atoms with Crippen LogP contribution in [0.25, 0.3) is 0 Å². The number of nitrogens with zero attached hydrogens (tertiary/aromatic N) is 2. The van der Waals surface area contributed by atoms with Crippen LogP contribution >= 0.6 is 12.6 Å². The van der Waals surface area contributed by atoms with E-state index < -0.39 is 42.1 Å². The van der Waals surface area contributed by atoms with Crippen LogP contribution in [0.3, 0.4) is 0 Å². The van der Waals surface area contributed by atoms with Crippen molar-refractivity contribution in [1.82, 2.24) is 15.5 Å². The molecule has 0 heterocycles. The summed E-state index contributed by atoms with van der Waals surface area (Å²) in [6.45, 7) is 7.08. The van der Waals surface area contributed by atoms with Crippen LogP contribution in [0.4, 0.5) is 4.79 Å². The van der Waals surface area contributed by atoms with Crippen molar-refractivity contribution in [2.24, 2.45) is 0 Å². The summed E-state index contributed by atoms with van der Waals surface area (Å²) in [6, 6.07) is 6.38. The minimum absolute atomic E-state index is 0.0685. The van der Waals surface area contributed by atoms with Gasteiger partial charge in [-0.3, -0.25) is 9.59 Å². The molecular formula is C24H32N4O4S. The molecular weight excluding hydrogens is 440 g/mol. The zero-order valence-electron chi connectivity index (χ0n) is 19.6. The Bertz CT molecular complexity index is 914. The first-order valence-corrected chi connectivity index (χ1v) is 11.3. The van der Waals surface area contributed by atoms with Crippen LogP contribution in [0.1, 0.15) is 57.7 Å². The van der Waals surface area contributed by atoms with E-state index in [-0.39, 0.29) is 5.75 Å². The van der Waals surface area contributed by atoms with Crippen molar-refractivity contribution in [3.8, 4) is 18.4 Å². The lowest BCUT2D eigenvalue weighted by Crippen LogP contribution is -2.54. The highest BCUT2D eigenvalue weighted by atomic mass is 32.1. The van der Waals surface area contributed by atoms with Gasteiger partial charge in [0.05, 0.1) is 6.07 Å². The van der Waals surface area contributed by atoms with Crippen LogP contribution < -0.4 is 10.6 Å². The number of hydrogen-bond donors (Lipinski definition) is 3. The van der Waals surface area contributed by atoms with Gasteiger partial charge in [0.2, 0.25) is 11.8 Å². The number of nitrogens with one attached hydrogen (secondary N) is 2. The fourth-order valence-corrected chi connectivity index (χ4v) is 3.26. The highest BCUT2D eigenvalue weighted by Gasteiger charge is 2.36. The molecule has 0 saturated carbocycles. The first-order chi connectivity index (χ1) is 15.6. The highest BCUT2D eigenvalue weighted by molar-refractivity contribution is 7.80. The van der Waals surface area contributed by atoms with Crippen molar-refractivity contribution in [3.05, 3.63) is 35.4 Å². The summed E-state index contributed by atoms with van der Waals surface area (Å²) in [5.41, 5.74) is 0.0628. The second-order valence-corrected chi connectivity index (χ2v) is 8.65. The van der Waals surface area contributed by atoms with Crippen molar-refractivity contribution >= 4 is 30.5 Å². The minimum Gasteiger partial charge on any atom is -0.444 e. The van der Waals surface area contributed by atoms with Crippen molar-refractivity contribution in [1.29, 1.82) is 5.26 Å². The molecule has 0 aliphatic carbocycles. The number of benzene rings is 1. The van der Waals surface area contributed by atoms with E-state index in [2.05, 4.69) is 29.2 Å². The number of terminal acetylenes is 1. The molecule has 0 saturated heterocycles. The monoisotopic (exact) mass is 472 g/mol. The number of carbonyl (C=O) groups is 3. The van der Waals surface area contributed by atoms with E-state index in [9.17, 15) is 19.6 Å². The Morgan fingerprint density at radius 1 is 1.27 bits per heavy atom. The third-order valence-corrected chi connectivity index (χ3v) is 4.86. The van der Waals surface area contributed by atoms with Gasteiger partial charge in [0.15, 0.2) is 0 Å². The molecule has 2 unspecified atom stereocenters. The highest BCUT2D eigenvalue weighted by Crippen LogP contribution is 2.25. The summed E-state index contributed by atoms with van der Waals surface area (Å²) in [6.07, 6.45) is 6.45. The van der Waals surface area contributed by atoms with Crippen LogP contribution in [-0.4, -0.2) is 53.3 Å². The first kappa shape index (κ1) is 27.9. The Morgan fingerprint density at radius 3 is 2.48 bits per heavy atom. The Hall–Kier alpha value is -3.17. The number of ether oxygens (including phenoxy) is 1. The average molecular weight is 473 g/mol. The number of rotatable bonds is 10. The molecule has 2 atom stereocenters. The smallest absolute Gasteiger partial charge is 0.408 e. The molecule has 0 radical (unpaired) electrons. The van der Waals surface area contributed by atoms with E-state index in [0.717, 1.165) is 17.7 Å². The number of nitriles is 1. The molecule has 0 spiro atoms. The van der Waals surface area contributed by atoms with Crippen molar-refractivity contribution < 1.29 is 19.1 Å². The molecule has 0 aliphatic rings. The maximum atomic E-state index is 13.4. The van der Waals surface area contributed by atoms with Crippen LogP contribution in [0, 0.1) is 23.7 Å². The SMILES string of the molecule is C#Cc1ccccc1C(C(=O)NCCCC)N(CC#N)C(=O)C(CS)NC(=O)OC(C)(C)C. The summed E-state index contributed by atoms with van der Waals surface area (Å²) in [7, 11) is 0. The van der Waals surface area contributed by atoms with Gasteiger partial charge in [-0.2, -0.15) is 17.9 Å². The van der Waals surface area contributed by atoms with E-state index >= 15 is 0 Å². The fourth-order valence-electron chi connectivity index (χ4n) is 3.01. The van der Waals surface area contributed by atoms with Gasteiger partial charge in [0.25, 0.3) is 0 Å². The standard InChI is InChI=1S/C24H32N4O4S/c1-6-8-14-26-21(29)20(18-12-10-9-11-17(18)7-2)28(15-13-25)22(30)19(16-33)27-23(31)32-24(3,4)5/h2,9-12,19-20,33H,6,8,14-16H2,1,3-5H3,(H,26,29)(H,27,31). The number of hydrogen-bond acceptors (Lipinski definition) is 6. The summed E-state index contributed by atoms with van der Waals surface area (Å²) in [5, 5.41) is 14.7. The molecule has 33 heavy (non-hydrogen) atoms. The van der Waals surface area contributed by atoms with Crippen molar-refractivity contribution in [2.75, 3.05) is 18.8 Å². The fraction of sp³-hybridized carbons (Fsp3) is 0.500. The summed E-state index contributed by atoms with van der Waals surface area (Å²) in [4.78, 5) is 40.0. The molecule has 178 valence electrons. The summed E-state index contributed by atoms with van der Waals surface area (Å²) < 4.78 is 5.23. The third kappa shape index (κ3) is 8.70. The molecule has 0 bridgehead atoms. The van der Waals surface area contributed by atoms with Gasteiger partial charge >= 0.3 is 6.09 Å². The normalized spacial score (nSPS) is 12.5. The molecule has 1 aromatic carbocycles. The molecule has 3 amide bonds. The molecule has 0 aliphatic heterocycles. The molecule has 1 rings (SSSR count). The number of unbranched alkanes of at least 4 members (excludes halogenated alkanes) is 1. The van der Waals surface area contributed by atoms with Gasteiger partial charge < -0.3 is 20.3 Å². The zero-order chi connectivity index (χ0) is 25.0. The van der Waals surface area contributed by atoms with Crippen molar-refractivity contribution in [2.45, 2.75) is 58.2 Å². The lowest BCUT2D eigenvalue weighted by Gasteiger charge is -2.33. The predicted molar refractivity (Wildman–Crippen MR) is 129 cm³/mol. The van der Waals surface area contributed by atoms with Crippen LogP contribution in [-0.2, 0) is 14.3 Å². The van der Waals surface area contributed by atoms with Crippen molar-refractivity contribution in [3.63, 3.8) is 0 Å². The van der Waals surface area contributed by atoms with E-state index in [4.69, 9.17) is 11.2 Å². The lowest BCUT2D eigenvalue weighted by atomic mass is 9.97. The first-order valence-electron chi connectivity index (χ1n) is 10.7. The number of carbonyl (C=O) groups excluding carboxylic acids is 3. The van der Waals surface area contributed by atoms with Crippen LogP contribution in [0.5, 0.6) is 0 Å². The Kier molecular flexibility index (Phi) is 11.3. The van der Waals surface area contributed by atoms with Gasteiger partial charge in [-0.1, -0.05) is 37.5 Å². The van der Waals surface area contributed by atoms with Gasteiger partial charge in [0, 0.05) is 17.9 Å². The van der Waals surface area contributed by atoms with Gasteiger partial charge in [-0.05, 0) is 38.8 Å². The van der Waals surface area contributed by atoms with E-state index in [1.54, 1.807) is 45.0 Å². The quantitative estimate of drug-likeness (QED) is 0.210. The van der Waals surface area contributed by atoms with Gasteiger partial charge in [-0.25, -0.2) is 4.79 Å². The molecule has 8 nitrogen and oxygen atoms in total. The number of alkyl carbamates (subject to hydrolysis) is 1. The molecule has 0 aromatic heterocycles. The molecule has 2 N–H and O–H groups in total. The Morgan fingerprint density at radius 2 is 1.94 bits per heavy atom. The molecule has 9 heteroatoms. The third-order valence-electron chi connectivity index (χ3n) is 4.50. The van der Waals surface area contributed by atoms with E-state index in [0.29, 0.717) is 17.7 Å². The lowest BCUT2D eigenvalue weighted by molar-refractivity contribution is -0.141. The maximum Gasteiger partial charge on any atom is 0.408 e.